The molecule has 0 radical (unpaired) electrons. The average Bonchev–Trinajstić information content (AvgIpc) is 2.78. The highest BCUT2D eigenvalue weighted by Crippen LogP contribution is 2.15. The van der Waals surface area contributed by atoms with Crippen LogP contribution in [0.4, 0.5) is 5.82 Å². The fourth-order valence-corrected chi connectivity index (χ4v) is 3.65. The third-order valence-corrected chi connectivity index (χ3v) is 5.65. The molecule has 0 unspecified atom stereocenters. The molecular weight excluding hydrogens is 511 g/mol. The molecule has 8 heteroatoms. The minimum atomic E-state index is 0. The van der Waals surface area contributed by atoms with Crippen molar-refractivity contribution in [1.29, 1.82) is 0 Å². The van der Waals surface area contributed by atoms with Gasteiger partial charge in [-0.05, 0) is 36.2 Å². The van der Waals surface area contributed by atoms with Crippen molar-refractivity contribution in [2.75, 3.05) is 51.2 Å². The van der Waals surface area contributed by atoms with Gasteiger partial charge in [0.05, 0.1) is 0 Å². The molecule has 3 rings (SSSR count). The van der Waals surface area contributed by atoms with E-state index in [2.05, 4.69) is 55.5 Å². The Labute approximate surface area is 202 Å². The summed E-state index contributed by atoms with van der Waals surface area (Å²) < 4.78 is 0. The normalized spacial score (nSPS) is 14.9. The van der Waals surface area contributed by atoms with E-state index >= 15 is 0 Å². The summed E-state index contributed by atoms with van der Waals surface area (Å²) in [5.74, 6) is 1.84. The Kier molecular flexibility index (Phi) is 10.7. The monoisotopic (exact) mass is 542 g/mol. The summed E-state index contributed by atoms with van der Waals surface area (Å²) >= 11 is 6.21. The lowest BCUT2D eigenvalue weighted by atomic mass is 10.1. The molecule has 1 aromatic heterocycles. The Morgan fingerprint density at radius 1 is 1.10 bits per heavy atom. The highest BCUT2D eigenvalue weighted by atomic mass is 127. The molecule has 1 fully saturated rings. The molecule has 164 valence electrons. The van der Waals surface area contributed by atoms with Crippen LogP contribution >= 0.6 is 35.6 Å². The fraction of sp³-hybridized carbons (Fsp3) is 0.455. The van der Waals surface area contributed by atoms with Crippen LogP contribution in [0.15, 0.2) is 47.6 Å². The first kappa shape index (κ1) is 24.7. The maximum Gasteiger partial charge on any atom is 0.191 e. The third kappa shape index (κ3) is 7.28. The van der Waals surface area contributed by atoms with Gasteiger partial charge in [0.25, 0.3) is 0 Å². The lowest BCUT2D eigenvalue weighted by molar-refractivity contribution is 0.270. The Hall–Kier alpha value is -1.58. The smallest absolute Gasteiger partial charge is 0.191 e. The van der Waals surface area contributed by atoms with Gasteiger partial charge in [-0.25, -0.2) is 4.98 Å². The second kappa shape index (κ2) is 13.0. The number of aliphatic imine (C=N–C) groups is 1. The van der Waals surface area contributed by atoms with Crippen LogP contribution in [-0.2, 0) is 13.0 Å². The predicted octanol–water partition coefficient (Wildman–Crippen LogP) is 3.40. The number of likely N-dealkylation sites (N-methyl/N-ethyl adjacent to an activating group) is 1. The zero-order chi connectivity index (χ0) is 20.5. The number of nitrogens with one attached hydrogen (secondary N) is 2. The summed E-state index contributed by atoms with van der Waals surface area (Å²) in [6, 6.07) is 12.2. The molecule has 1 aliphatic heterocycles. The van der Waals surface area contributed by atoms with Gasteiger partial charge in [-0.2, -0.15) is 0 Å². The quantitative estimate of drug-likeness (QED) is 0.319. The van der Waals surface area contributed by atoms with Crippen molar-refractivity contribution in [3.8, 4) is 0 Å². The molecule has 0 bridgehead atoms. The van der Waals surface area contributed by atoms with Crippen molar-refractivity contribution < 1.29 is 0 Å². The molecule has 2 heterocycles. The van der Waals surface area contributed by atoms with E-state index in [-0.39, 0.29) is 24.0 Å². The van der Waals surface area contributed by atoms with Gasteiger partial charge in [0.15, 0.2) is 5.96 Å². The summed E-state index contributed by atoms with van der Waals surface area (Å²) in [6.45, 7) is 9.10. The largest absolute Gasteiger partial charge is 0.356 e. The molecule has 30 heavy (non-hydrogen) atoms. The third-order valence-electron chi connectivity index (χ3n) is 5.28. The number of pyridine rings is 1. The van der Waals surface area contributed by atoms with E-state index in [9.17, 15) is 0 Å². The number of anilines is 1. The predicted molar refractivity (Wildman–Crippen MR) is 137 cm³/mol. The van der Waals surface area contributed by atoms with Crippen molar-refractivity contribution in [3.63, 3.8) is 0 Å². The summed E-state index contributed by atoms with van der Waals surface area (Å²) in [7, 11) is 1.78. The minimum absolute atomic E-state index is 0. The molecule has 2 N–H and O–H groups in total. The van der Waals surface area contributed by atoms with E-state index in [1.165, 1.54) is 0 Å². The number of benzene rings is 1. The van der Waals surface area contributed by atoms with Gasteiger partial charge in [0, 0.05) is 57.5 Å². The molecule has 0 atom stereocenters. The first-order valence-corrected chi connectivity index (χ1v) is 10.7. The van der Waals surface area contributed by atoms with Crippen LogP contribution in [0.5, 0.6) is 0 Å². The maximum atomic E-state index is 6.21. The van der Waals surface area contributed by atoms with E-state index < -0.39 is 0 Å². The molecule has 0 aliphatic carbocycles. The Morgan fingerprint density at radius 2 is 1.87 bits per heavy atom. The van der Waals surface area contributed by atoms with Crippen molar-refractivity contribution >= 4 is 47.4 Å². The van der Waals surface area contributed by atoms with Crippen LogP contribution in [0.1, 0.15) is 18.1 Å². The lowest BCUT2D eigenvalue weighted by Crippen LogP contribution is -2.46. The molecule has 0 spiro atoms. The molecule has 2 aromatic rings. The molecule has 6 nitrogen and oxygen atoms in total. The van der Waals surface area contributed by atoms with Crippen LogP contribution in [0.25, 0.3) is 0 Å². The van der Waals surface area contributed by atoms with Gasteiger partial charge < -0.3 is 20.4 Å². The zero-order valence-corrected chi connectivity index (χ0v) is 20.9. The van der Waals surface area contributed by atoms with Gasteiger partial charge in [0.1, 0.15) is 5.82 Å². The van der Waals surface area contributed by atoms with Gasteiger partial charge in [-0.3, -0.25) is 4.99 Å². The van der Waals surface area contributed by atoms with E-state index in [0.717, 1.165) is 73.6 Å². The number of rotatable bonds is 7. The van der Waals surface area contributed by atoms with Crippen LogP contribution in [0.2, 0.25) is 5.02 Å². The van der Waals surface area contributed by atoms with Crippen LogP contribution in [0, 0.1) is 0 Å². The highest BCUT2D eigenvalue weighted by Gasteiger charge is 2.16. The van der Waals surface area contributed by atoms with Crippen LogP contribution in [0.3, 0.4) is 0 Å². The lowest BCUT2D eigenvalue weighted by Gasteiger charge is -2.34. The van der Waals surface area contributed by atoms with Crippen molar-refractivity contribution in [1.82, 2.24) is 20.5 Å². The second-order valence-corrected chi connectivity index (χ2v) is 7.55. The summed E-state index contributed by atoms with van der Waals surface area (Å²) in [4.78, 5) is 13.8. The van der Waals surface area contributed by atoms with E-state index in [4.69, 9.17) is 11.6 Å². The number of halogens is 2. The van der Waals surface area contributed by atoms with Crippen molar-refractivity contribution in [3.05, 3.63) is 58.7 Å². The molecule has 0 saturated carbocycles. The second-order valence-electron chi connectivity index (χ2n) is 7.14. The van der Waals surface area contributed by atoms with Gasteiger partial charge in [-0.15, -0.1) is 24.0 Å². The van der Waals surface area contributed by atoms with Crippen molar-refractivity contribution in [2.24, 2.45) is 4.99 Å². The Morgan fingerprint density at radius 3 is 2.50 bits per heavy atom. The van der Waals surface area contributed by atoms with E-state index in [0.29, 0.717) is 6.54 Å². The highest BCUT2D eigenvalue weighted by molar-refractivity contribution is 14.0. The van der Waals surface area contributed by atoms with Crippen molar-refractivity contribution in [2.45, 2.75) is 19.9 Å². The fourth-order valence-electron chi connectivity index (χ4n) is 3.42. The number of hydrogen-bond acceptors (Lipinski definition) is 4. The Balaban J connectivity index is 0.00000320. The molecule has 1 aromatic carbocycles. The first-order valence-electron chi connectivity index (χ1n) is 10.3. The van der Waals surface area contributed by atoms with Crippen LogP contribution < -0.4 is 15.5 Å². The SMILES string of the molecule is CCN1CCN(c2ccc(CNC(=NC)NCCc3ccccc3Cl)cn2)CC1.I. The zero-order valence-electron chi connectivity index (χ0n) is 17.8. The topological polar surface area (TPSA) is 55.8 Å². The van der Waals surface area contributed by atoms with Crippen LogP contribution in [-0.4, -0.2) is 62.2 Å². The number of nitrogens with zero attached hydrogens (tertiary/aromatic N) is 4. The van der Waals surface area contributed by atoms with Gasteiger partial charge in [-0.1, -0.05) is 42.8 Å². The first-order chi connectivity index (χ1) is 14.2. The van der Waals surface area contributed by atoms with Gasteiger partial charge in [0.2, 0.25) is 0 Å². The number of piperazine rings is 1. The molecule has 1 aliphatic rings. The number of guanidine groups is 1. The maximum absolute atomic E-state index is 6.21. The molecule has 1 saturated heterocycles. The number of hydrogen-bond donors (Lipinski definition) is 2. The van der Waals surface area contributed by atoms with Gasteiger partial charge >= 0.3 is 0 Å². The van der Waals surface area contributed by atoms with E-state index in [1.54, 1.807) is 7.05 Å². The molecule has 0 amide bonds. The standard InChI is InChI=1S/C22H31ClN6.HI/c1-3-28-12-14-29(15-13-28)21-9-8-18(16-26-21)17-27-22(24-2)25-11-10-19-6-4-5-7-20(19)23;/h4-9,16H,3,10-15,17H2,1-2H3,(H2,24,25,27);1H. The summed E-state index contributed by atoms with van der Waals surface area (Å²) in [5.41, 5.74) is 2.27. The minimum Gasteiger partial charge on any atom is -0.356 e. The molecular formula is C22H32ClIN6. The summed E-state index contributed by atoms with van der Waals surface area (Å²) in [6.07, 6.45) is 2.80. The average molecular weight is 543 g/mol. The number of aromatic nitrogens is 1. The van der Waals surface area contributed by atoms with E-state index in [1.807, 2.05) is 24.4 Å². The summed E-state index contributed by atoms with van der Waals surface area (Å²) in [5, 5.41) is 7.48. The Bertz CT molecular complexity index is 790.